The van der Waals surface area contributed by atoms with Crippen molar-refractivity contribution in [2.24, 2.45) is 0 Å². The summed E-state index contributed by atoms with van der Waals surface area (Å²) in [5.41, 5.74) is 10.5. The molecule has 3 heterocycles. The molecule has 1 unspecified atom stereocenters. The molecule has 0 saturated carbocycles. The van der Waals surface area contributed by atoms with Crippen molar-refractivity contribution in [1.82, 2.24) is 0 Å². The Hall–Kier alpha value is -3.44. The van der Waals surface area contributed by atoms with Crippen LogP contribution in [0.1, 0.15) is 49.1 Å². The largest absolute Gasteiger partial charge is 0.496 e. The third kappa shape index (κ3) is 3.82. The van der Waals surface area contributed by atoms with Gasteiger partial charge in [-0.25, -0.2) is 0 Å². The molecule has 36 heavy (non-hydrogen) atoms. The van der Waals surface area contributed by atoms with Crippen LogP contribution in [0.25, 0.3) is 16.7 Å². The predicted molar refractivity (Wildman–Crippen MR) is 146 cm³/mol. The highest BCUT2D eigenvalue weighted by Gasteiger charge is 2.36. The summed E-state index contributed by atoms with van der Waals surface area (Å²) < 4.78 is 18.3. The lowest BCUT2D eigenvalue weighted by atomic mass is 9.80. The molecule has 0 radical (unpaired) electrons. The van der Waals surface area contributed by atoms with Crippen molar-refractivity contribution in [3.63, 3.8) is 0 Å². The number of rotatable bonds is 3. The number of hydrogen-bond acceptors (Lipinski definition) is 5. The number of hydrogen-bond donors (Lipinski definition) is 1. The fourth-order valence-electron chi connectivity index (χ4n) is 6.05. The van der Waals surface area contributed by atoms with E-state index in [2.05, 4.69) is 80.4 Å². The van der Waals surface area contributed by atoms with Gasteiger partial charge in [-0.2, -0.15) is 0 Å². The second-order valence-corrected chi connectivity index (χ2v) is 10.7. The van der Waals surface area contributed by atoms with Gasteiger partial charge in [0.1, 0.15) is 11.5 Å². The summed E-state index contributed by atoms with van der Waals surface area (Å²) in [4.78, 5) is 2.41. The number of morpholine rings is 1. The highest BCUT2D eigenvalue weighted by Crippen LogP contribution is 2.53. The zero-order chi connectivity index (χ0) is 25.0. The number of anilines is 2. The van der Waals surface area contributed by atoms with Crippen LogP contribution >= 0.6 is 0 Å². The molecular formula is C31H34N2O3. The Labute approximate surface area is 213 Å². The average Bonchev–Trinajstić information content (AvgIpc) is 2.86. The zero-order valence-corrected chi connectivity index (χ0v) is 21.8. The molecule has 1 saturated heterocycles. The Morgan fingerprint density at radius 1 is 1.00 bits per heavy atom. The summed E-state index contributed by atoms with van der Waals surface area (Å²) in [6.07, 6.45) is 2.08. The van der Waals surface area contributed by atoms with E-state index in [0.29, 0.717) is 0 Å². The van der Waals surface area contributed by atoms with E-state index < -0.39 is 0 Å². The van der Waals surface area contributed by atoms with E-state index in [9.17, 15) is 0 Å². The molecular weight excluding hydrogens is 448 g/mol. The maximum atomic E-state index is 6.87. The van der Waals surface area contributed by atoms with E-state index >= 15 is 0 Å². The molecule has 0 spiro atoms. The van der Waals surface area contributed by atoms with Crippen LogP contribution in [0, 0.1) is 6.92 Å². The van der Waals surface area contributed by atoms with E-state index in [-0.39, 0.29) is 11.6 Å². The van der Waals surface area contributed by atoms with Crippen molar-refractivity contribution >= 4 is 16.9 Å². The van der Waals surface area contributed by atoms with Gasteiger partial charge >= 0.3 is 0 Å². The van der Waals surface area contributed by atoms with Crippen LogP contribution in [0.5, 0.6) is 11.5 Å². The lowest BCUT2D eigenvalue weighted by Crippen LogP contribution is -2.36. The second kappa shape index (κ2) is 8.59. The van der Waals surface area contributed by atoms with Crippen LogP contribution < -0.4 is 19.7 Å². The van der Waals surface area contributed by atoms with Gasteiger partial charge in [-0.3, -0.25) is 0 Å². The molecule has 186 valence electrons. The molecule has 1 fully saturated rings. The Kier molecular flexibility index (Phi) is 5.49. The molecule has 3 aromatic carbocycles. The van der Waals surface area contributed by atoms with Crippen LogP contribution in [0.2, 0.25) is 0 Å². The van der Waals surface area contributed by atoms with Gasteiger partial charge in [0.05, 0.1) is 31.4 Å². The van der Waals surface area contributed by atoms with E-state index in [1.165, 1.54) is 33.5 Å². The molecule has 0 aliphatic carbocycles. The third-order valence-corrected chi connectivity index (χ3v) is 7.42. The van der Waals surface area contributed by atoms with Gasteiger partial charge in [-0.05, 0) is 80.3 Å². The molecule has 0 aromatic heterocycles. The number of ether oxygens (including phenoxy) is 3. The van der Waals surface area contributed by atoms with Crippen LogP contribution in [-0.2, 0) is 4.74 Å². The first-order chi connectivity index (χ1) is 17.3. The summed E-state index contributed by atoms with van der Waals surface area (Å²) in [5, 5.41) is 3.73. The molecule has 5 nitrogen and oxygen atoms in total. The molecule has 0 amide bonds. The number of fused-ring (bicyclic) bond motifs is 5. The van der Waals surface area contributed by atoms with Crippen molar-refractivity contribution in [1.29, 1.82) is 0 Å². The SMILES string of the molecule is COc1cccc2c1-c1ccc3c(c1C(c1cc(C)cc(N4CCOCC4)c1)O2)C(C)=CC(C)(C)N3. The Balaban J connectivity index is 1.58. The quantitative estimate of drug-likeness (QED) is 0.456. The third-order valence-electron chi connectivity index (χ3n) is 7.42. The zero-order valence-electron chi connectivity index (χ0n) is 21.8. The minimum absolute atomic E-state index is 0.112. The van der Waals surface area contributed by atoms with E-state index in [0.717, 1.165) is 54.6 Å². The van der Waals surface area contributed by atoms with Crippen LogP contribution in [0.4, 0.5) is 11.4 Å². The Morgan fingerprint density at radius 2 is 1.81 bits per heavy atom. The van der Waals surface area contributed by atoms with Crippen LogP contribution in [-0.4, -0.2) is 39.0 Å². The fourth-order valence-corrected chi connectivity index (χ4v) is 6.05. The van der Waals surface area contributed by atoms with E-state index in [4.69, 9.17) is 14.2 Å². The molecule has 5 heteroatoms. The number of methoxy groups -OCH3 is 1. The molecule has 6 rings (SSSR count). The van der Waals surface area contributed by atoms with Crippen LogP contribution in [0.3, 0.4) is 0 Å². The number of allylic oxidation sites excluding steroid dienone is 1. The molecule has 1 atom stereocenters. The lowest BCUT2D eigenvalue weighted by molar-refractivity contribution is 0.122. The van der Waals surface area contributed by atoms with Crippen molar-refractivity contribution in [3.8, 4) is 22.6 Å². The first kappa shape index (κ1) is 23.0. The van der Waals surface area contributed by atoms with Crippen LogP contribution in [0.15, 0.2) is 54.6 Å². The van der Waals surface area contributed by atoms with Gasteiger partial charge in [-0.15, -0.1) is 0 Å². The maximum Gasteiger partial charge on any atom is 0.150 e. The van der Waals surface area contributed by atoms with Gasteiger partial charge in [0.25, 0.3) is 0 Å². The molecule has 3 aliphatic heterocycles. The predicted octanol–water partition coefficient (Wildman–Crippen LogP) is 6.60. The second-order valence-electron chi connectivity index (χ2n) is 10.7. The van der Waals surface area contributed by atoms with E-state index in [1.54, 1.807) is 7.11 Å². The summed E-state index contributed by atoms with van der Waals surface area (Å²) in [7, 11) is 1.73. The summed E-state index contributed by atoms with van der Waals surface area (Å²) in [6, 6.07) is 17.3. The molecule has 3 aliphatic rings. The van der Waals surface area contributed by atoms with Gasteiger partial charge in [0, 0.05) is 35.6 Å². The normalized spacial score (nSPS) is 19.8. The number of benzene rings is 3. The first-order valence-electron chi connectivity index (χ1n) is 12.8. The van der Waals surface area contributed by atoms with Gasteiger partial charge in [-0.1, -0.05) is 24.3 Å². The van der Waals surface area contributed by atoms with Crippen molar-refractivity contribution < 1.29 is 14.2 Å². The monoisotopic (exact) mass is 482 g/mol. The standard InChI is InChI=1S/C31H34N2O3/c1-19-15-21(17-22(16-19)33-11-13-35-14-12-33)30-29-23(28-25(34-5)7-6-8-26(28)36-30)9-10-24-27(29)20(2)18-31(3,4)32-24/h6-10,15-18,30,32H,11-14H2,1-5H3. The fraction of sp³-hybridized carbons (Fsp3) is 0.355. The number of nitrogens with one attached hydrogen (secondary N) is 1. The van der Waals surface area contributed by atoms with Gasteiger partial charge < -0.3 is 24.4 Å². The lowest BCUT2D eigenvalue weighted by Gasteiger charge is -2.38. The average molecular weight is 483 g/mol. The molecule has 1 N–H and O–H groups in total. The van der Waals surface area contributed by atoms with E-state index in [1.807, 2.05) is 12.1 Å². The topological polar surface area (TPSA) is 43.0 Å². The summed E-state index contributed by atoms with van der Waals surface area (Å²) in [5.74, 6) is 1.68. The molecule has 0 bridgehead atoms. The van der Waals surface area contributed by atoms with Gasteiger partial charge in [0.15, 0.2) is 6.10 Å². The number of aryl methyl sites for hydroxylation is 1. The Bertz CT molecular complexity index is 1370. The summed E-state index contributed by atoms with van der Waals surface area (Å²) in [6.45, 7) is 12.1. The molecule has 3 aromatic rings. The smallest absolute Gasteiger partial charge is 0.150 e. The minimum Gasteiger partial charge on any atom is -0.496 e. The highest BCUT2D eigenvalue weighted by molar-refractivity contribution is 5.92. The van der Waals surface area contributed by atoms with Gasteiger partial charge in [0.2, 0.25) is 0 Å². The maximum absolute atomic E-state index is 6.87. The van der Waals surface area contributed by atoms with Crippen molar-refractivity contribution in [2.45, 2.75) is 39.3 Å². The number of nitrogens with zero attached hydrogens (tertiary/aromatic N) is 1. The Morgan fingerprint density at radius 3 is 2.58 bits per heavy atom. The van der Waals surface area contributed by atoms with Crippen molar-refractivity contribution in [2.75, 3.05) is 43.6 Å². The minimum atomic E-state index is -0.236. The summed E-state index contributed by atoms with van der Waals surface area (Å²) >= 11 is 0. The van der Waals surface area contributed by atoms with Crippen molar-refractivity contribution in [3.05, 3.63) is 76.9 Å². The first-order valence-corrected chi connectivity index (χ1v) is 12.8. The highest BCUT2D eigenvalue weighted by atomic mass is 16.5.